The number of rotatable bonds is 9. The van der Waals surface area contributed by atoms with Crippen LogP contribution in [0.1, 0.15) is 132 Å². The van der Waals surface area contributed by atoms with E-state index < -0.39 is 11.8 Å². The Balaban J connectivity index is 0.000000199. The van der Waals surface area contributed by atoms with Crippen molar-refractivity contribution in [1.29, 1.82) is 0 Å². The molecular formula is C80H109Cl2IN14O8. The topological polar surface area (TPSA) is 270 Å². The number of fused-ring (bicyclic) bond motifs is 4. The summed E-state index contributed by atoms with van der Waals surface area (Å²) in [6, 6.07) is 22.0. The molecule has 8 aromatic rings. The van der Waals surface area contributed by atoms with E-state index in [1.165, 1.54) is 96.2 Å². The second-order valence-corrected chi connectivity index (χ2v) is 29.2. The van der Waals surface area contributed by atoms with Crippen LogP contribution in [0.15, 0.2) is 97.6 Å². The van der Waals surface area contributed by atoms with Crippen molar-refractivity contribution in [3.8, 4) is 23.0 Å². The Morgan fingerprint density at radius 1 is 0.505 bits per heavy atom. The molecule has 0 aliphatic carbocycles. The molecule has 0 saturated carbocycles. The van der Waals surface area contributed by atoms with Gasteiger partial charge in [0.15, 0.2) is 0 Å². The number of alkyl halides is 1. The number of nitrogens with one attached hydrogen (secondary N) is 3. The first-order chi connectivity index (χ1) is 50.3. The average Bonchev–Trinajstić information content (AvgIpc) is 0.800. The number of carbonyl (C=O) groups is 2. The Morgan fingerprint density at radius 3 is 1.15 bits per heavy atom. The monoisotopic (exact) mass is 1590 g/mol. The van der Waals surface area contributed by atoms with Crippen LogP contribution in [0.3, 0.4) is 0 Å². The normalized spacial score (nSPS) is 19.6. The smallest absolute Gasteiger partial charge is 0.252 e. The molecule has 0 unspecified atom stereocenters. The quantitative estimate of drug-likeness (QED) is 0.0306. The number of anilines is 3. The van der Waals surface area contributed by atoms with Crippen LogP contribution >= 0.6 is 46.6 Å². The summed E-state index contributed by atoms with van der Waals surface area (Å²) in [4.78, 5) is 54.4. The zero-order valence-electron chi connectivity index (χ0n) is 62.6. The molecule has 2 amide bonds. The van der Waals surface area contributed by atoms with E-state index in [2.05, 4.69) is 117 Å². The number of piperidine rings is 6. The lowest BCUT2D eigenvalue weighted by Gasteiger charge is -2.32. The van der Waals surface area contributed by atoms with Crippen LogP contribution in [0.4, 0.5) is 28.8 Å². The number of nitrogens with zero attached hydrogens (tertiary/aromatic N) is 9. The molecule has 6 atom stereocenters. The van der Waals surface area contributed by atoms with Gasteiger partial charge >= 0.3 is 0 Å². The highest BCUT2D eigenvalue weighted by Gasteiger charge is 2.25. The van der Waals surface area contributed by atoms with Crippen molar-refractivity contribution in [2.24, 2.45) is 35.1 Å². The summed E-state index contributed by atoms with van der Waals surface area (Å²) in [5.74, 6) is 7.04. The van der Waals surface area contributed by atoms with Crippen molar-refractivity contribution in [2.75, 3.05) is 126 Å². The summed E-state index contributed by atoms with van der Waals surface area (Å²) in [5.41, 5.74) is 12.6. The number of benzene rings is 4. The molecular weight excluding hydrogens is 1480 g/mol. The number of aromatic nitrogens is 4. The van der Waals surface area contributed by atoms with Gasteiger partial charge in [-0.05, 0) is 232 Å². The number of β-amino-alcohol motifs (C(OH)–C–C–N with tert-alkyl or cyclic N) is 2. The molecule has 0 spiro atoms. The highest BCUT2D eigenvalue weighted by molar-refractivity contribution is 14.1. The van der Waals surface area contributed by atoms with Crippen molar-refractivity contribution >= 4 is 130 Å². The van der Waals surface area contributed by atoms with E-state index in [1.807, 2.05) is 48.7 Å². The first kappa shape index (κ1) is 86.1. The number of amides is 2. The molecule has 6 aliphatic rings. The Bertz CT molecular complexity index is 3970. The number of hydrogen-bond donors (Lipinski definition) is 7. The van der Waals surface area contributed by atoms with E-state index in [-0.39, 0.29) is 24.6 Å². The first-order valence-electron chi connectivity index (χ1n) is 36.4. The SMILES string of the molecule is CCI.COc1cc2c(N3CCC[C@H](C)C3)nccc2cc1C(N)=O.COc1cc2c(N3CCC[C@H](O)C3)nccc2cc1C(N)=O.C[C@H]1CCCNC1.C[C@H]1CCCNC1.Cl.O[C@H]1CCCNC1.[C-]#[N+]c1cc2ccnc(Cl)c2cc1OC.[C-]#[N+]c1cc2ccnc(N3CCC[C@H](C)C3)c2cc1OC. The van der Waals surface area contributed by atoms with E-state index in [0.29, 0.717) is 69.0 Å². The van der Waals surface area contributed by atoms with Crippen LogP contribution in [0, 0.1) is 36.8 Å². The first-order valence-corrected chi connectivity index (χ1v) is 38.3. The Morgan fingerprint density at radius 2 is 0.838 bits per heavy atom. The van der Waals surface area contributed by atoms with Crippen molar-refractivity contribution in [2.45, 2.75) is 124 Å². The van der Waals surface area contributed by atoms with E-state index in [4.69, 9.17) is 60.3 Å². The largest absolute Gasteiger partial charge is 0.508 e. The molecule has 10 heterocycles. The summed E-state index contributed by atoms with van der Waals surface area (Å²) in [6.07, 6.45) is 20.9. The number of aliphatic hydroxyl groups excluding tert-OH is 2. The van der Waals surface area contributed by atoms with Crippen molar-refractivity contribution < 1.29 is 38.7 Å². The van der Waals surface area contributed by atoms with Crippen LogP contribution in [-0.2, 0) is 0 Å². The highest BCUT2D eigenvalue weighted by atomic mass is 127. The summed E-state index contributed by atoms with van der Waals surface area (Å²) in [6.45, 7) is 37.9. The second kappa shape index (κ2) is 45.0. The molecule has 568 valence electrons. The van der Waals surface area contributed by atoms with Gasteiger partial charge in [-0.2, -0.15) is 0 Å². The summed E-state index contributed by atoms with van der Waals surface area (Å²) < 4.78 is 22.3. The maximum absolute atomic E-state index is 11.6. The van der Waals surface area contributed by atoms with E-state index in [0.717, 1.165) is 144 Å². The zero-order valence-corrected chi connectivity index (χ0v) is 66.3. The number of methoxy groups -OCH3 is 4. The van der Waals surface area contributed by atoms with Crippen molar-refractivity contribution in [3.05, 3.63) is 137 Å². The molecule has 4 aromatic heterocycles. The van der Waals surface area contributed by atoms with Gasteiger partial charge in [-0.1, -0.05) is 68.8 Å². The number of hydrogen-bond acceptors (Lipinski definition) is 18. The molecule has 0 radical (unpaired) electrons. The number of ether oxygens (including phenoxy) is 4. The summed E-state index contributed by atoms with van der Waals surface area (Å²) >= 11 is 8.23. The van der Waals surface area contributed by atoms with E-state index >= 15 is 0 Å². The fraction of sp³-hybridized carbons (Fsp3) is 0.500. The Kier molecular flexibility index (Phi) is 36.9. The maximum atomic E-state index is 11.6. The van der Waals surface area contributed by atoms with Gasteiger partial charge in [-0.25, -0.2) is 29.6 Å². The molecule has 6 aliphatic heterocycles. The van der Waals surface area contributed by atoms with Gasteiger partial charge in [0, 0.05) is 92.1 Å². The minimum atomic E-state index is -0.523. The molecule has 9 N–H and O–H groups in total. The number of halogens is 3. The van der Waals surface area contributed by atoms with E-state index in [9.17, 15) is 14.7 Å². The molecule has 25 heteroatoms. The molecule has 6 saturated heterocycles. The molecule has 0 bridgehead atoms. The number of carbonyl (C=O) groups excluding carboxylic acids is 2. The minimum Gasteiger partial charge on any atom is -0.508 e. The highest BCUT2D eigenvalue weighted by Crippen LogP contribution is 2.39. The predicted octanol–water partition coefficient (Wildman–Crippen LogP) is 15.0. The number of primary amides is 2. The molecule has 105 heavy (non-hydrogen) atoms. The van der Waals surface area contributed by atoms with Crippen LogP contribution in [0.5, 0.6) is 23.0 Å². The lowest BCUT2D eigenvalue weighted by atomic mass is 9.99. The number of pyridine rings is 4. The fourth-order valence-corrected chi connectivity index (χ4v) is 13.7. The van der Waals surface area contributed by atoms with Gasteiger partial charge in [-0.15, -0.1) is 12.4 Å². The van der Waals surface area contributed by atoms with Crippen LogP contribution in [0.25, 0.3) is 52.8 Å². The van der Waals surface area contributed by atoms with Crippen LogP contribution in [0.2, 0.25) is 5.15 Å². The third-order valence-electron chi connectivity index (χ3n) is 18.9. The minimum absolute atomic E-state index is 0. The van der Waals surface area contributed by atoms with Gasteiger partial charge in [0.1, 0.15) is 45.6 Å². The van der Waals surface area contributed by atoms with Crippen LogP contribution < -0.4 is 61.1 Å². The molecule has 14 rings (SSSR count). The third kappa shape index (κ3) is 25.7. The Hall–Kier alpha value is -7.85. The fourth-order valence-electron chi connectivity index (χ4n) is 13.5. The van der Waals surface area contributed by atoms with Crippen molar-refractivity contribution in [3.63, 3.8) is 0 Å². The van der Waals surface area contributed by atoms with Gasteiger partial charge in [0.25, 0.3) is 11.8 Å². The summed E-state index contributed by atoms with van der Waals surface area (Å²) in [5, 5.41) is 36.4. The van der Waals surface area contributed by atoms with Crippen molar-refractivity contribution in [1.82, 2.24) is 35.9 Å². The van der Waals surface area contributed by atoms with Gasteiger partial charge in [0.2, 0.25) is 11.4 Å². The average molecular weight is 1590 g/mol. The lowest BCUT2D eigenvalue weighted by Crippen LogP contribution is -2.38. The molecule has 4 aromatic carbocycles. The molecule has 22 nitrogen and oxygen atoms in total. The number of aliphatic hydroxyl groups is 2. The third-order valence-corrected chi connectivity index (χ3v) is 19.2. The van der Waals surface area contributed by atoms with Gasteiger partial charge in [-0.3, -0.25) is 9.59 Å². The second-order valence-electron chi connectivity index (χ2n) is 27.3. The zero-order chi connectivity index (χ0) is 75.1. The van der Waals surface area contributed by atoms with Crippen LogP contribution in [-0.4, -0.2) is 166 Å². The maximum Gasteiger partial charge on any atom is 0.252 e. The van der Waals surface area contributed by atoms with Gasteiger partial charge < -0.3 is 71.3 Å². The standard InChI is InChI=1S/C17H21N3O2.C17H19N3O.C16H19N3O3.C11H7ClN2O.2C6H13N.C5H11NO.C2H5I.ClH/c1-11-4-3-7-20(10-11)17-13-9-15(22-2)14(16(18)21)8-12(13)5-6-19-17;1-12-5-4-8-20(11-12)17-14-10-16(21-3)15(18-2)9-13(14)6-7-19-17;1-22-14-8-12-10(7-13(14)15(17)21)4-5-18-16(12)19-6-2-3-11(20)9-19;1-13-9-5-7-3-4-14-11(12)8(7)6-10(9)15-2;2*1-6-3-2-4-7-5-6;7-5-2-1-3-6-4-5;1-2-3;/h5-6,8-9,11H,3-4,7,10H2,1-2H3,(H2,18,21);6-7,9-10,12H,4-5,8,11H2,1,3H3;4-5,7-8,11,20H,2-3,6,9H2,1H3,(H2,17,21);3-6H,2H3;2*6-7H,2-5H2,1H3;5-7H,1-4H2;2H2,1H3;1H/t11-;12-;11-;;2*6-;5-;;/m000.000../s1. The van der Waals surface area contributed by atoms with E-state index in [1.54, 1.807) is 63.1 Å². The predicted molar refractivity (Wildman–Crippen MR) is 439 cm³/mol. The lowest BCUT2D eigenvalue weighted by molar-refractivity contribution is 0.0989. The number of nitrogens with two attached hydrogens (primary N) is 2. The van der Waals surface area contributed by atoms with Gasteiger partial charge in [0.05, 0.1) is 64.9 Å². The summed E-state index contributed by atoms with van der Waals surface area (Å²) in [7, 11) is 6.19. The molecule has 6 fully saturated rings. The Labute approximate surface area is 645 Å².